The summed E-state index contributed by atoms with van der Waals surface area (Å²) in [5, 5.41) is 0. The first-order valence-corrected chi connectivity index (χ1v) is 6.42. The lowest BCUT2D eigenvalue weighted by Crippen LogP contribution is -2.12. The monoisotopic (exact) mass is 232 g/mol. The molecule has 0 bridgehead atoms. The highest BCUT2D eigenvalue weighted by Crippen LogP contribution is 2.02. The standard InChI is InChI=1S/2C6H16N2/c1-6(2-4-7)3-5-8;1-6(5-8)3-2-4-7/h2*6H,2-5,7-8H2,1H3. The molecule has 1 unspecified atom stereocenters. The highest BCUT2D eigenvalue weighted by Gasteiger charge is 1.96. The highest BCUT2D eigenvalue weighted by atomic mass is 14.6. The first-order valence-electron chi connectivity index (χ1n) is 6.42. The minimum atomic E-state index is 0.651. The largest absolute Gasteiger partial charge is 0.330 e. The van der Waals surface area contributed by atoms with Crippen molar-refractivity contribution in [1.82, 2.24) is 0 Å². The molecule has 0 amide bonds. The van der Waals surface area contributed by atoms with E-state index in [0.717, 1.165) is 45.4 Å². The van der Waals surface area contributed by atoms with E-state index in [9.17, 15) is 0 Å². The van der Waals surface area contributed by atoms with Gasteiger partial charge in [0, 0.05) is 0 Å². The quantitative estimate of drug-likeness (QED) is 0.493. The molecule has 8 N–H and O–H groups in total. The third kappa shape index (κ3) is 16.3. The van der Waals surface area contributed by atoms with E-state index in [1.54, 1.807) is 0 Å². The van der Waals surface area contributed by atoms with Crippen LogP contribution in [0.3, 0.4) is 0 Å². The Balaban J connectivity index is 0. The SMILES string of the molecule is CC(CCN)CCN.CC(CN)CCCN. The van der Waals surface area contributed by atoms with Crippen molar-refractivity contribution >= 4 is 0 Å². The molecule has 0 fully saturated rings. The fourth-order valence-electron chi connectivity index (χ4n) is 1.30. The first-order chi connectivity index (χ1) is 7.62. The van der Waals surface area contributed by atoms with Crippen LogP contribution in [-0.4, -0.2) is 26.2 Å². The summed E-state index contributed by atoms with van der Waals surface area (Å²) >= 11 is 0. The van der Waals surface area contributed by atoms with Crippen LogP contribution in [0.1, 0.15) is 39.5 Å². The molecule has 0 aromatic heterocycles. The predicted molar refractivity (Wildman–Crippen MR) is 73.0 cm³/mol. The van der Waals surface area contributed by atoms with Crippen molar-refractivity contribution < 1.29 is 0 Å². The molecule has 4 nitrogen and oxygen atoms in total. The van der Waals surface area contributed by atoms with Crippen LogP contribution in [0, 0.1) is 11.8 Å². The van der Waals surface area contributed by atoms with Gasteiger partial charge in [-0.3, -0.25) is 0 Å². The van der Waals surface area contributed by atoms with Gasteiger partial charge >= 0.3 is 0 Å². The van der Waals surface area contributed by atoms with Crippen LogP contribution in [0.4, 0.5) is 0 Å². The van der Waals surface area contributed by atoms with Gasteiger partial charge in [-0.1, -0.05) is 13.8 Å². The smallest absolute Gasteiger partial charge is 0.00515 e. The van der Waals surface area contributed by atoms with Gasteiger partial charge in [-0.25, -0.2) is 0 Å². The average Bonchev–Trinajstić information content (AvgIpc) is 2.27. The van der Waals surface area contributed by atoms with Crippen molar-refractivity contribution in [2.75, 3.05) is 26.2 Å². The minimum absolute atomic E-state index is 0.651. The van der Waals surface area contributed by atoms with Gasteiger partial charge in [-0.05, 0) is 63.7 Å². The van der Waals surface area contributed by atoms with Crippen molar-refractivity contribution in [3.05, 3.63) is 0 Å². The molecule has 0 saturated heterocycles. The van der Waals surface area contributed by atoms with E-state index in [1.165, 1.54) is 6.42 Å². The van der Waals surface area contributed by atoms with Gasteiger partial charge in [0.1, 0.15) is 0 Å². The Hall–Kier alpha value is -0.160. The molecule has 0 saturated carbocycles. The zero-order chi connectivity index (χ0) is 12.8. The Bertz CT molecular complexity index is 114. The van der Waals surface area contributed by atoms with Crippen LogP contribution < -0.4 is 22.9 Å². The van der Waals surface area contributed by atoms with Crippen LogP contribution >= 0.6 is 0 Å². The van der Waals surface area contributed by atoms with Gasteiger partial charge in [0.15, 0.2) is 0 Å². The number of rotatable bonds is 8. The Kier molecular flexibility index (Phi) is 16.9. The van der Waals surface area contributed by atoms with Crippen LogP contribution in [0.5, 0.6) is 0 Å². The van der Waals surface area contributed by atoms with Crippen molar-refractivity contribution in [2.45, 2.75) is 39.5 Å². The van der Waals surface area contributed by atoms with E-state index < -0.39 is 0 Å². The van der Waals surface area contributed by atoms with Gasteiger partial charge in [0.05, 0.1) is 0 Å². The second kappa shape index (κ2) is 14.8. The summed E-state index contributed by atoms with van der Waals surface area (Å²) < 4.78 is 0. The second-order valence-corrected chi connectivity index (χ2v) is 4.53. The molecule has 16 heavy (non-hydrogen) atoms. The summed E-state index contributed by atoms with van der Waals surface area (Å²) in [5.74, 6) is 1.36. The molecule has 0 rings (SSSR count). The first kappa shape index (κ1) is 18.2. The van der Waals surface area contributed by atoms with Crippen molar-refractivity contribution in [1.29, 1.82) is 0 Å². The molecule has 0 spiro atoms. The Morgan fingerprint density at radius 1 is 0.688 bits per heavy atom. The Labute approximate surface area is 101 Å². The molecule has 0 aliphatic carbocycles. The second-order valence-electron chi connectivity index (χ2n) is 4.53. The van der Waals surface area contributed by atoms with Gasteiger partial charge < -0.3 is 22.9 Å². The summed E-state index contributed by atoms with van der Waals surface area (Å²) in [6.45, 7) is 7.50. The van der Waals surface area contributed by atoms with Crippen LogP contribution in [0.2, 0.25) is 0 Å². The lowest BCUT2D eigenvalue weighted by Gasteiger charge is -2.05. The summed E-state index contributed by atoms with van der Waals surface area (Å²) in [6, 6.07) is 0. The van der Waals surface area contributed by atoms with Crippen LogP contribution in [-0.2, 0) is 0 Å². The lowest BCUT2D eigenvalue weighted by molar-refractivity contribution is 0.507. The van der Waals surface area contributed by atoms with Gasteiger partial charge in [-0.2, -0.15) is 0 Å². The molecule has 0 aromatic rings. The number of hydrogen-bond acceptors (Lipinski definition) is 4. The molecule has 0 radical (unpaired) electrons. The summed E-state index contributed by atoms with van der Waals surface area (Å²) in [5.41, 5.74) is 21.3. The van der Waals surface area contributed by atoms with Crippen molar-refractivity contribution in [3.63, 3.8) is 0 Å². The normalized spacial score (nSPS) is 12.2. The predicted octanol–water partition coefficient (Wildman–Crippen LogP) is 0.640. The van der Waals surface area contributed by atoms with Gasteiger partial charge in [0.2, 0.25) is 0 Å². The van der Waals surface area contributed by atoms with Crippen LogP contribution in [0.25, 0.3) is 0 Å². The van der Waals surface area contributed by atoms with E-state index in [2.05, 4.69) is 13.8 Å². The van der Waals surface area contributed by atoms with E-state index in [-0.39, 0.29) is 0 Å². The van der Waals surface area contributed by atoms with Gasteiger partial charge in [-0.15, -0.1) is 0 Å². The third-order valence-corrected chi connectivity index (χ3v) is 2.62. The molecule has 0 aliphatic heterocycles. The number of hydrogen-bond donors (Lipinski definition) is 4. The maximum absolute atomic E-state index is 5.37. The fourth-order valence-corrected chi connectivity index (χ4v) is 1.30. The molecule has 1 atom stereocenters. The van der Waals surface area contributed by atoms with E-state index >= 15 is 0 Å². The fraction of sp³-hybridized carbons (Fsp3) is 1.00. The molecule has 0 aliphatic rings. The summed E-state index contributed by atoms with van der Waals surface area (Å²) in [4.78, 5) is 0. The summed E-state index contributed by atoms with van der Waals surface area (Å²) in [7, 11) is 0. The van der Waals surface area contributed by atoms with Gasteiger partial charge in [0.25, 0.3) is 0 Å². The van der Waals surface area contributed by atoms with Crippen molar-refractivity contribution in [2.24, 2.45) is 34.8 Å². The molecule has 0 aromatic carbocycles. The lowest BCUT2D eigenvalue weighted by atomic mass is 10.0. The molecule has 100 valence electrons. The zero-order valence-corrected chi connectivity index (χ0v) is 11.1. The Morgan fingerprint density at radius 3 is 1.50 bits per heavy atom. The minimum Gasteiger partial charge on any atom is -0.330 e. The summed E-state index contributed by atoms with van der Waals surface area (Å²) in [6.07, 6.45) is 4.50. The van der Waals surface area contributed by atoms with Crippen molar-refractivity contribution in [3.8, 4) is 0 Å². The third-order valence-electron chi connectivity index (χ3n) is 2.62. The highest BCUT2D eigenvalue weighted by molar-refractivity contribution is 4.53. The van der Waals surface area contributed by atoms with Crippen LogP contribution in [0.15, 0.2) is 0 Å². The number of nitrogens with two attached hydrogens (primary N) is 4. The van der Waals surface area contributed by atoms with E-state index in [1.807, 2.05) is 0 Å². The molecule has 0 heterocycles. The maximum atomic E-state index is 5.37. The zero-order valence-electron chi connectivity index (χ0n) is 11.1. The Morgan fingerprint density at radius 2 is 1.19 bits per heavy atom. The average molecular weight is 232 g/mol. The van der Waals surface area contributed by atoms with E-state index in [0.29, 0.717) is 11.8 Å². The molecular formula is C12H32N4. The molecule has 4 heteroatoms. The maximum Gasteiger partial charge on any atom is -0.00515 e. The van der Waals surface area contributed by atoms with E-state index in [4.69, 9.17) is 22.9 Å². The topological polar surface area (TPSA) is 104 Å². The molecular weight excluding hydrogens is 200 g/mol.